The summed E-state index contributed by atoms with van der Waals surface area (Å²) in [5.41, 5.74) is 0.965. The molecule has 0 aromatic carbocycles. The molecule has 0 N–H and O–H groups in total. The number of rotatable bonds is 2. The number of aryl methyl sites for hydroxylation is 1. The van der Waals surface area contributed by atoms with Gasteiger partial charge in [-0.2, -0.15) is 0 Å². The maximum absolute atomic E-state index is 11.7. The third kappa shape index (κ3) is 2.85. The van der Waals surface area contributed by atoms with E-state index in [0.717, 1.165) is 37.7 Å². The van der Waals surface area contributed by atoms with Crippen LogP contribution in [0, 0.1) is 6.92 Å². The van der Waals surface area contributed by atoms with Crippen molar-refractivity contribution in [3.05, 3.63) is 30.2 Å². The molecular weight excluding hydrogens is 228 g/mol. The van der Waals surface area contributed by atoms with Gasteiger partial charge in [-0.05, 0) is 19.9 Å². The number of piperazine rings is 1. The fourth-order valence-corrected chi connectivity index (χ4v) is 2.02. The molecule has 0 unspecified atom stereocenters. The molecule has 2 heterocycles. The monoisotopic (exact) mass is 246 g/mol. The maximum atomic E-state index is 11.7. The Morgan fingerprint density at radius 2 is 2.00 bits per heavy atom. The molecule has 1 aromatic heterocycles. The Labute approximate surface area is 107 Å². The Hall–Kier alpha value is -1.91. The molecule has 5 nitrogen and oxygen atoms in total. The molecule has 5 heteroatoms. The summed E-state index contributed by atoms with van der Waals surface area (Å²) in [6, 6.07) is 1.98. The topological polar surface area (TPSA) is 49.3 Å². The van der Waals surface area contributed by atoms with Gasteiger partial charge in [0, 0.05) is 37.9 Å². The molecule has 18 heavy (non-hydrogen) atoms. The molecule has 1 aliphatic heterocycles. The number of aromatic nitrogens is 2. The van der Waals surface area contributed by atoms with Crippen molar-refractivity contribution in [3.8, 4) is 0 Å². The standard InChI is InChI=1S/C13H18N4O/c1-3-4-13(18)17-7-5-16(6-8-17)12-9-11(2)14-10-15-12/h3-4,9-10H,5-8H2,1-2H3/b4-3+. The molecular formula is C13H18N4O. The van der Waals surface area contributed by atoms with Gasteiger partial charge in [0.25, 0.3) is 0 Å². The van der Waals surface area contributed by atoms with Crippen molar-refractivity contribution in [2.45, 2.75) is 13.8 Å². The lowest BCUT2D eigenvalue weighted by Crippen LogP contribution is -2.48. The lowest BCUT2D eigenvalue weighted by Gasteiger charge is -2.34. The first-order chi connectivity index (χ1) is 8.70. The molecule has 1 aliphatic rings. The van der Waals surface area contributed by atoms with Crippen LogP contribution in [0.15, 0.2) is 24.5 Å². The Balaban J connectivity index is 1.96. The first-order valence-electron chi connectivity index (χ1n) is 6.16. The van der Waals surface area contributed by atoms with Crippen molar-refractivity contribution in [1.82, 2.24) is 14.9 Å². The van der Waals surface area contributed by atoms with Crippen LogP contribution in [0.2, 0.25) is 0 Å². The van der Waals surface area contributed by atoms with Gasteiger partial charge in [-0.15, -0.1) is 0 Å². The summed E-state index contributed by atoms with van der Waals surface area (Å²) in [6.45, 7) is 6.94. The third-order valence-electron chi connectivity index (χ3n) is 3.01. The third-order valence-corrected chi connectivity index (χ3v) is 3.01. The van der Waals surface area contributed by atoms with Gasteiger partial charge in [0.15, 0.2) is 0 Å². The number of allylic oxidation sites excluding steroid dienone is 1. The van der Waals surface area contributed by atoms with Crippen LogP contribution in [0.5, 0.6) is 0 Å². The predicted molar refractivity (Wildman–Crippen MR) is 70.4 cm³/mol. The number of hydrogen-bond donors (Lipinski definition) is 0. The summed E-state index contributed by atoms with van der Waals surface area (Å²) in [4.78, 5) is 24.1. The van der Waals surface area contributed by atoms with Crippen molar-refractivity contribution in [2.75, 3.05) is 31.1 Å². The second-order valence-corrected chi connectivity index (χ2v) is 4.33. The number of nitrogens with zero attached hydrogens (tertiary/aromatic N) is 4. The quantitative estimate of drug-likeness (QED) is 0.731. The van der Waals surface area contributed by atoms with Crippen LogP contribution < -0.4 is 4.90 Å². The van der Waals surface area contributed by atoms with E-state index < -0.39 is 0 Å². The van der Waals surface area contributed by atoms with Gasteiger partial charge in [-0.25, -0.2) is 9.97 Å². The van der Waals surface area contributed by atoms with Gasteiger partial charge in [0.1, 0.15) is 12.1 Å². The summed E-state index contributed by atoms with van der Waals surface area (Å²) in [5.74, 6) is 1.04. The summed E-state index contributed by atoms with van der Waals surface area (Å²) >= 11 is 0. The lowest BCUT2D eigenvalue weighted by atomic mass is 10.3. The molecule has 0 atom stereocenters. The zero-order valence-electron chi connectivity index (χ0n) is 10.8. The predicted octanol–water partition coefficient (Wildman–Crippen LogP) is 1.01. The van der Waals surface area contributed by atoms with Crippen LogP contribution in [0.1, 0.15) is 12.6 Å². The Morgan fingerprint density at radius 1 is 1.28 bits per heavy atom. The minimum atomic E-state index is 0.0935. The number of carbonyl (C=O) groups excluding carboxylic acids is 1. The molecule has 0 saturated carbocycles. The highest BCUT2D eigenvalue weighted by molar-refractivity contribution is 5.87. The van der Waals surface area contributed by atoms with Crippen molar-refractivity contribution in [3.63, 3.8) is 0 Å². The molecule has 0 radical (unpaired) electrons. The van der Waals surface area contributed by atoms with Crippen molar-refractivity contribution in [1.29, 1.82) is 0 Å². The van der Waals surface area contributed by atoms with Gasteiger partial charge in [-0.3, -0.25) is 4.79 Å². The van der Waals surface area contributed by atoms with E-state index in [2.05, 4.69) is 14.9 Å². The van der Waals surface area contributed by atoms with Crippen molar-refractivity contribution < 1.29 is 4.79 Å². The first kappa shape index (κ1) is 12.5. The van der Waals surface area contributed by atoms with Crippen molar-refractivity contribution in [2.24, 2.45) is 0 Å². The van der Waals surface area contributed by atoms with E-state index >= 15 is 0 Å². The zero-order chi connectivity index (χ0) is 13.0. The Kier molecular flexibility index (Phi) is 3.92. The molecule has 1 amide bonds. The van der Waals surface area contributed by atoms with E-state index in [1.54, 1.807) is 18.5 Å². The van der Waals surface area contributed by atoms with Gasteiger partial charge in [-0.1, -0.05) is 6.08 Å². The Bertz CT molecular complexity index is 450. The van der Waals surface area contributed by atoms with E-state index in [4.69, 9.17) is 0 Å². The first-order valence-corrected chi connectivity index (χ1v) is 6.16. The molecule has 1 saturated heterocycles. The number of anilines is 1. The van der Waals surface area contributed by atoms with Crippen LogP contribution in [0.4, 0.5) is 5.82 Å². The highest BCUT2D eigenvalue weighted by Crippen LogP contribution is 2.13. The van der Waals surface area contributed by atoms with Gasteiger partial charge < -0.3 is 9.80 Å². The zero-order valence-corrected chi connectivity index (χ0v) is 10.8. The smallest absolute Gasteiger partial charge is 0.246 e. The SMILES string of the molecule is C/C=C/C(=O)N1CCN(c2cc(C)ncn2)CC1. The van der Waals surface area contributed by atoms with Crippen molar-refractivity contribution >= 4 is 11.7 Å². The fourth-order valence-electron chi connectivity index (χ4n) is 2.02. The number of hydrogen-bond acceptors (Lipinski definition) is 4. The maximum Gasteiger partial charge on any atom is 0.246 e. The van der Waals surface area contributed by atoms with Crippen LogP contribution in [0.3, 0.4) is 0 Å². The van der Waals surface area contributed by atoms with Crippen LogP contribution >= 0.6 is 0 Å². The molecule has 2 rings (SSSR count). The van der Waals surface area contributed by atoms with E-state index in [1.807, 2.05) is 24.8 Å². The molecule has 0 aliphatic carbocycles. The van der Waals surface area contributed by atoms with Gasteiger partial charge in [0.2, 0.25) is 5.91 Å². The van der Waals surface area contributed by atoms with Gasteiger partial charge in [0.05, 0.1) is 0 Å². The molecule has 96 valence electrons. The summed E-state index contributed by atoms with van der Waals surface area (Å²) in [7, 11) is 0. The summed E-state index contributed by atoms with van der Waals surface area (Å²) in [6.07, 6.45) is 4.98. The fraction of sp³-hybridized carbons (Fsp3) is 0.462. The second-order valence-electron chi connectivity index (χ2n) is 4.33. The van der Waals surface area contributed by atoms with E-state index in [9.17, 15) is 4.79 Å². The largest absolute Gasteiger partial charge is 0.353 e. The molecule has 0 spiro atoms. The average Bonchev–Trinajstić information content (AvgIpc) is 2.39. The molecule has 1 aromatic rings. The number of carbonyl (C=O) groups is 1. The molecule has 1 fully saturated rings. The average molecular weight is 246 g/mol. The van der Waals surface area contributed by atoms with E-state index in [-0.39, 0.29) is 5.91 Å². The minimum Gasteiger partial charge on any atom is -0.353 e. The summed E-state index contributed by atoms with van der Waals surface area (Å²) < 4.78 is 0. The summed E-state index contributed by atoms with van der Waals surface area (Å²) in [5, 5.41) is 0. The van der Waals surface area contributed by atoms with Crippen LogP contribution in [-0.2, 0) is 4.79 Å². The molecule has 0 bridgehead atoms. The Morgan fingerprint density at radius 3 is 2.61 bits per heavy atom. The normalized spacial score (nSPS) is 16.3. The van der Waals surface area contributed by atoms with Gasteiger partial charge >= 0.3 is 0 Å². The van der Waals surface area contributed by atoms with E-state index in [1.165, 1.54) is 0 Å². The van der Waals surface area contributed by atoms with Crippen LogP contribution in [0.25, 0.3) is 0 Å². The second kappa shape index (κ2) is 5.62. The highest BCUT2D eigenvalue weighted by atomic mass is 16.2. The minimum absolute atomic E-state index is 0.0935. The number of amides is 1. The lowest BCUT2D eigenvalue weighted by molar-refractivity contribution is -0.126. The highest BCUT2D eigenvalue weighted by Gasteiger charge is 2.20. The van der Waals surface area contributed by atoms with E-state index in [0.29, 0.717) is 0 Å². The van der Waals surface area contributed by atoms with Crippen LogP contribution in [-0.4, -0.2) is 47.0 Å².